The first-order chi connectivity index (χ1) is 14.9. The van der Waals surface area contributed by atoms with E-state index in [1.54, 1.807) is 21.3 Å². The van der Waals surface area contributed by atoms with Crippen molar-refractivity contribution in [2.24, 2.45) is 5.41 Å². The second-order valence-corrected chi connectivity index (χ2v) is 13.9. The molecule has 1 atom stereocenters. The smallest absolute Gasteiger partial charge is 0.377 e. The summed E-state index contributed by atoms with van der Waals surface area (Å²) in [7, 11) is 2.58. The van der Waals surface area contributed by atoms with Gasteiger partial charge in [-0.15, -0.1) is 0 Å². The van der Waals surface area contributed by atoms with Crippen molar-refractivity contribution >= 4 is 24.7 Å². The van der Waals surface area contributed by atoms with Crippen LogP contribution in [0.1, 0.15) is 130 Å². The van der Waals surface area contributed by atoms with Crippen molar-refractivity contribution in [1.29, 1.82) is 0 Å². The molecule has 0 fully saturated rings. The molecule has 1 unspecified atom stereocenters. The lowest BCUT2D eigenvalue weighted by Crippen LogP contribution is -2.52. The minimum absolute atomic E-state index is 0.151. The van der Waals surface area contributed by atoms with Crippen LogP contribution in [0.25, 0.3) is 0 Å². The van der Waals surface area contributed by atoms with Crippen molar-refractivity contribution in [2.45, 2.75) is 135 Å². The summed E-state index contributed by atoms with van der Waals surface area (Å²) in [5.74, 6) is 0. The Morgan fingerprint density at radius 3 is 1.32 bits per heavy atom. The molecule has 0 spiro atoms. The van der Waals surface area contributed by atoms with Crippen LogP contribution in [0, 0.1) is 5.41 Å². The molecule has 0 saturated carbocycles. The second kappa shape index (κ2) is 20.0. The van der Waals surface area contributed by atoms with Gasteiger partial charge in [-0.3, -0.25) is 0 Å². The number of unbranched alkanes of at least 4 members (excludes halogenated alkanes) is 14. The monoisotopic (exact) mass is 522 g/mol. The minimum Gasteiger partial charge on any atom is -0.377 e. The van der Waals surface area contributed by atoms with E-state index < -0.39 is 8.80 Å². The molecule has 31 heavy (non-hydrogen) atoms. The lowest BCUT2D eigenvalue weighted by molar-refractivity contribution is 0.0837. The minimum atomic E-state index is -2.64. The second-order valence-electron chi connectivity index (χ2n) is 9.93. The molecule has 3 nitrogen and oxygen atoms in total. The van der Waals surface area contributed by atoms with Gasteiger partial charge >= 0.3 is 8.80 Å². The molecule has 0 amide bonds. The molecule has 0 rings (SSSR count). The molecule has 0 bridgehead atoms. The Labute approximate surface area is 205 Å². The first kappa shape index (κ1) is 31.6. The van der Waals surface area contributed by atoms with Gasteiger partial charge in [0.15, 0.2) is 0 Å². The number of hydrogen-bond donors (Lipinski definition) is 0. The van der Waals surface area contributed by atoms with E-state index in [1.165, 1.54) is 103 Å². The molecule has 0 aliphatic rings. The summed E-state index contributed by atoms with van der Waals surface area (Å²) in [6.07, 6.45) is 23.4. The molecule has 0 aliphatic carbocycles. The SMILES string of the molecule is CCCCCCCCCCCCCCCCCC(C)(C)C(CCBr)[Si](OC)(OC)OC. The number of rotatable bonds is 23. The Hall–Kier alpha value is 0.577. The zero-order valence-electron chi connectivity index (χ0n) is 21.9. The van der Waals surface area contributed by atoms with Crippen LogP contribution in [0.3, 0.4) is 0 Å². The highest BCUT2D eigenvalue weighted by Gasteiger charge is 2.53. The highest BCUT2D eigenvalue weighted by atomic mass is 79.9. The maximum absolute atomic E-state index is 5.84. The summed E-state index contributed by atoms with van der Waals surface area (Å²) in [6.45, 7) is 7.02. The Morgan fingerprint density at radius 2 is 1.00 bits per heavy atom. The van der Waals surface area contributed by atoms with Gasteiger partial charge in [-0.1, -0.05) is 133 Å². The number of hydrogen-bond acceptors (Lipinski definition) is 3. The predicted molar refractivity (Wildman–Crippen MR) is 142 cm³/mol. The fourth-order valence-corrected chi connectivity index (χ4v) is 8.79. The largest absolute Gasteiger partial charge is 0.503 e. The van der Waals surface area contributed by atoms with E-state index in [2.05, 4.69) is 36.7 Å². The maximum atomic E-state index is 5.84. The molecule has 0 aliphatic heterocycles. The van der Waals surface area contributed by atoms with Crippen molar-refractivity contribution in [2.75, 3.05) is 26.7 Å². The maximum Gasteiger partial charge on any atom is 0.503 e. The third kappa shape index (κ3) is 13.8. The normalized spacial score (nSPS) is 13.6. The Bertz CT molecular complexity index is 381. The Balaban J connectivity index is 3.90. The summed E-state index contributed by atoms with van der Waals surface area (Å²) in [4.78, 5) is 0. The van der Waals surface area contributed by atoms with Crippen LogP contribution in [0.5, 0.6) is 0 Å². The summed E-state index contributed by atoms with van der Waals surface area (Å²) in [5.41, 5.74) is 0.462. The zero-order valence-corrected chi connectivity index (χ0v) is 24.5. The molecule has 0 heterocycles. The van der Waals surface area contributed by atoms with Crippen LogP contribution >= 0.6 is 15.9 Å². The molecule has 0 saturated heterocycles. The topological polar surface area (TPSA) is 27.7 Å². The molecule has 0 aromatic heterocycles. The first-order valence-electron chi connectivity index (χ1n) is 13.2. The van der Waals surface area contributed by atoms with Crippen molar-refractivity contribution in [1.82, 2.24) is 0 Å². The number of alkyl halides is 1. The van der Waals surface area contributed by atoms with Crippen molar-refractivity contribution in [3.05, 3.63) is 0 Å². The van der Waals surface area contributed by atoms with E-state index in [1.807, 2.05) is 0 Å². The highest BCUT2D eigenvalue weighted by molar-refractivity contribution is 9.09. The van der Waals surface area contributed by atoms with Crippen LogP contribution in [-0.4, -0.2) is 35.5 Å². The fourth-order valence-electron chi connectivity index (χ4n) is 4.96. The molecule has 5 heteroatoms. The molecule has 0 radical (unpaired) electrons. The quantitative estimate of drug-likeness (QED) is 0.0759. The highest BCUT2D eigenvalue weighted by Crippen LogP contribution is 2.46. The third-order valence-corrected chi connectivity index (χ3v) is 11.1. The van der Waals surface area contributed by atoms with Gasteiger partial charge in [-0.25, -0.2) is 0 Å². The van der Waals surface area contributed by atoms with E-state index in [0.29, 0.717) is 5.54 Å². The van der Waals surface area contributed by atoms with Gasteiger partial charge in [0.1, 0.15) is 0 Å². The standard InChI is InChI=1S/C26H55BrO3Si/c1-7-8-9-10-11-12-13-14-15-16-17-18-19-20-21-23-26(2,3)25(22-24-27)31(28-4,29-5)30-6/h25H,7-24H2,1-6H3. The van der Waals surface area contributed by atoms with Gasteiger partial charge in [-0.2, -0.15) is 0 Å². The Morgan fingerprint density at radius 1 is 0.645 bits per heavy atom. The van der Waals surface area contributed by atoms with E-state index >= 15 is 0 Å². The van der Waals surface area contributed by atoms with Crippen LogP contribution in [0.15, 0.2) is 0 Å². The van der Waals surface area contributed by atoms with Crippen molar-refractivity contribution in [3.63, 3.8) is 0 Å². The van der Waals surface area contributed by atoms with Gasteiger partial charge in [0.25, 0.3) is 0 Å². The first-order valence-corrected chi connectivity index (χ1v) is 16.1. The summed E-state index contributed by atoms with van der Waals surface area (Å²) < 4.78 is 17.5. The van der Waals surface area contributed by atoms with Gasteiger partial charge in [0.2, 0.25) is 0 Å². The molecule has 0 aromatic carbocycles. The van der Waals surface area contributed by atoms with Gasteiger partial charge < -0.3 is 13.3 Å². The fraction of sp³-hybridized carbons (Fsp3) is 1.00. The average molecular weight is 524 g/mol. The third-order valence-electron chi connectivity index (χ3n) is 7.05. The lowest BCUT2D eigenvalue weighted by Gasteiger charge is -2.42. The van der Waals surface area contributed by atoms with Crippen LogP contribution in [0.2, 0.25) is 5.54 Å². The van der Waals surface area contributed by atoms with Gasteiger partial charge in [0, 0.05) is 32.2 Å². The van der Waals surface area contributed by atoms with E-state index in [4.69, 9.17) is 13.3 Å². The molecule has 188 valence electrons. The van der Waals surface area contributed by atoms with Crippen molar-refractivity contribution in [3.8, 4) is 0 Å². The Kier molecular flexibility index (Phi) is 20.4. The number of halogens is 1. The predicted octanol–water partition coefficient (Wildman–Crippen LogP) is 9.31. The van der Waals surface area contributed by atoms with E-state index in [0.717, 1.165) is 11.8 Å². The van der Waals surface area contributed by atoms with E-state index in [-0.39, 0.29) is 5.41 Å². The molecule has 0 N–H and O–H groups in total. The summed E-state index contributed by atoms with van der Waals surface area (Å²) in [5, 5.41) is 0.949. The van der Waals surface area contributed by atoms with Crippen LogP contribution in [-0.2, 0) is 13.3 Å². The summed E-state index contributed by atoms with van der Waals surface area (Å²) >= 11 is 3.63. The van der Waals surface area contributed by atoms with Crippen LogP contribution < -0.4 is 0 Å². The molecular weight excluding hydrogens is 468 g/mol. The van der Waals surface area contributed by atoms with Gasteiger partial charge in [-0.05, 0) is 18.3 Å². The molecule has 0 aromatic rings. The zero-order chi connectivity index (χ0) is 23.4. The molecular formula is C26H55BrO3Si. The lowest BCUT2D eigenvalue weighted by atomic mass is 9.82. The van der Waals surface area contributed by atoms with Crippen molar-refractivity contribution < 1.29 is 13.3 Å². The van der Waals surface area contributed by atoms with Crippen LogP contribution in [0.4, 0.5) is 0 Å². The average Bonchev–Trinajstić information content (AvgIpc) is 2.77. The summed E-state index contributed by atoms with van der Waals surface area (Å²) in [6, 6.07) is 0. The van der Waals surface area contributed by atoms with E-state index in [9.17, 15) is 0 Å². The van der Waals surface area contributed by atoms with Gasteiger partial charge in [0.05, 0.1) is 0 Å².